The van der Waals surface area contributed by atoms with Gasteiger partial charge in [-0.05, 0) is 39.3 Å². The van der Waals surface area contributed by atoms with Gasteiger partial charge in [-0.1, -0.05) is 6.92 Å². The monoisotopic (exact) mass is 378 g/mol. The number of anilines is 1. The lowest BCUT2D eigenvalue weighted by atomic mass is 9.90. The minimum atomic E-state index is -1.26. The van der Waals surface area contributed by atoms with Gasteiger partial charge < -0.3 is 25.4 Å². The summed E-state index contributed by atoms with van der Waals surface area (Å²) < 4.78 is 12.9. The number of nitrogen functional groups attached to an aromatic ring is 1. The number of ether oxygens (including phenoxy) is 2. The van der Waals surface area contributed by atoms with Crippen LogP contribution in [-0.4, -0.2) is 55.2 Å². The molecule has 1 aliphatic heterocycles. The van der Waals surface area contributed by atoms with E-state index in [-0.39, 0.29) is 12.6 Å². The van der Waals surface area contributed by atoms with Crippen LogP contribution in [0.25, 0.3) is 5.52 Å². The Labute approximate surface area is 157 Å². The zero-order chi connectivity index (χ0) is 20.0. The van der Waals surface area contributed by atoms with E-state index in [9.17, 15) is 15.0 Å². The van der Waals surface area contributed by atoms with E-state index in [1.165, 1.54) is 10.8 Å². The van der Waals surface area contributed by atoms with Gasteiger partial charge in [0, 0.05) is 0 Å². The molecular weight excluding hydrogens is 352 g/mol. The number of carbonyl (C=O) groups excluding carboxylic acids is 1. The van der Waals surface area contributed by atoms with Gasteiger partial charge in [-0.15, -0.1) is 0 Å². The Bertz CT molecular complexity index is 851. The highest BCUT2D eigenvalue weighted by Crippen LogP contribution is 2.41. The fourth-order valence-corrected chi connectivity index (χ4v) is 3.05. The second-order valence-electron chi connectivity index (χ2n) is 7.80. The molecule has 148 valence electrons. The lowest BCUT2D eigenvalue weighted by Gasteiger charge is -2.29. The van der Waals surface area contributed by atoms with Crippen molar-refractivity contribution in [1.82, 2.24) is 14.6 Å². The van der Waals surface area contributed by atoms with Gasteiger partial charge in [0.1, 0.15) is 42.4 Å². The Morgan fingerprint density at radius 2 is 2.15 bits per heavy atom. The van der Waals surface area contributed by atoms with E-state index in [1.54, 1.807) is 32.9 Å². The summed E-state index contributed by atoms with van der Waals surface area (Å²) in [4.78, 5) is 16.2. The Balaban J connectivity index is 1.82. The molecule has 0 spiro atoms. The Morgan fingerprint density at radius 1 is 1.44 bits per heavy atom. The molecule has 2 aromatic heterocycles. The third-order valence-corrected chi connectivity index (χ3v) is 5.38. The average Bonchev–Trinajstić information content (AvgIpc) is 3.16. The number of carbonyl (C=O) groups is 1. The topological polar surface area (TPSA) is 132 Å². The number of aliphatic hydroxyl groups is 2. The number of esters is 1. The van der Waals surface area contributed by atoms with Crippen molar-refractivity contribution in [2.24, 2.45) is 5.41 Å². The summed E-state index contributed by atoms with van der Waals surface area (Å²) in [5.74, 6) is -0.0867. The standard InChI is InChI=1S/C18H26N4O5/c1-5-17(2,3)16(25)26-8-18(4)14(24)12(23)13(27-18)10-6-7-11-15(19)20-9-21-22(10)11/h6-7,9,12-14,23-24H,5,8H2,1-4H3,(H2,19,20,21)/t12-,13-,14-,18+/m0/s1. The van der Waals surface area contributed by atoms with Gasteiger partial charge in [-0.2, -0.15) is 5.10 Å². The first-order chi connectivity index (χ1) is 12.6. The summed E-state index contributed by atoms with van der Waals surface area (Å²) in [5.41, 5.74) is 5.04. The van der Waals surface area contributed by atoms with Gasteiger partial charge >= 0.3 is 5.97 Å². The van der Waals surface area contributed by atoms with Crippen molar-refractivity contribution in [3.8, 4) is 0 Å². The maximum atomic E-state index is 12.2. The fourth-order valence-electron chi connectivity index (χ4n) is 3.05. The number of nitrogens with zero attached hydrogens (tertiary/aromatic N) is 3. The molecule has 9 nitrogen and oxygen atoms in total. The maximum absolute atomic E-state index is 12.2. The number of fused-ring (bicyclic) bond motifs is 1. The van der Waals surface area contributed by atoms with E-state index < -0.39 is 29.3 Å². The third kappa shape index (κ3) is 3.26. The van der Waals surface area contributed by atoms with E-state index in [0.29, 0.717) is 23.4 Å². The SMILES string of the molecule is CCC(C)(C)C(=O)OC[C@@]1(C)O[C@@H](c2ccc3c(N)ncnn23)[C@H](O)[C@@H]1O. The predicted octanol–water partition coefficient (Wildman–Crippen LogP) is 0.843. The number of aromatic nitrogens is 3. The summed E-state index contributed by atoms with van der Waals surface area (Å²) in [5, 5.41) is 25.3. The molecule has 1 aliphatic rings. The normalized spacial score (nSPS) is 28.6. The van der Waals surface area contributed by atoms with E-state index in [0.717, 1.165) is 0 Å². The Morgan fingerprint density at radius 3 is 2.81 bits per heavy atom. The zero-order valence-electron chi connectivity index (χ0n) is 15.9. The minimum Gasteiger partial charge on any atom is -0.462 e. The van der Waals surface area contributed by atoms with Crippen molar-refractivity contribution < 1.29 is 24.5 Å². The number of hydrogen-bond acceptors (Lipinski definition) is 8. The van der Waals surface area contributed by atoms with E-state index >= 15 is 0 Å². The molecule has 1 fully saturated rings. The smallest absolute Gasteiger partial charge is 0.311 e. The van der Waals surface area contributed by atoms with Gasteiger partial charge in [0.15, 0.2) is 5.82 Å². The van der Waals surface area contributed by atoms with Crippen molar-refractivity contribution in [1.29, 1.82) is 0 Å². The largest absolute Gasteiger partial charge is 0.462 e. The van der Waals surface area contributed by atoms with Crippen LogP contribution in [0.4, 0.5) is 5.82 Å². The number of aliphatic hydroxyl groups excluding tert-OH is 2. The molecule has 0 amide bonds. The number of rotatable bonds is 5. The molecule has 9 heteroatoms. The average molecular weight is 378 g/mol. The van der Waals surface area contributed by atoms with Gasteiger partial charge in [0.05, 0.1) is 11.1 Å². The van der Waals surface area contributed by atoms with Gasteiger partial charge in [-0.25, -0.2) is 9.50 Å². The Hall–Kier alpha value is -2.23. The van der Waals surface area contributed by atoms with Crippen LogP contribution in [0.5, 0.6) is 0 Å². The molecule has 2 aromatic rings. The molecule has 3 rings (SSSR count). The van der Waals surface area contributed by atoms with E-state index in [2.05, 4.69) is 10.1 Å². The highest BCUT2D eigenvalue weighted by atomic mass is 16.6. The van der Waals surface area contributed by atoms with Crippen LogP contribution in [0.1, 0.15) is 45.9 Å². The fraction of sp³-hybridized carbons (Fsp3) is 0.611. The molecular formula is C18H26N4O5. The zero-order valence-corrected chi connectivity index (χ0v) is 15.9. The number of nitrogens with two attached hydrogens (primary N) is 1. The molecule has 3 heterocycles. The molecule has 0 bridgehead atoms. The van der Waals surface area contributed by atoms with Crippen molar-refractivity contribution >= 4 is 17.3 Å². The summed E-state index contributed by atoms with van der Waals surface area (Å²) in [6.07, 6.45) is -1.40. The molecule has 4 atom stereocenters. The third-order valence-electron chi connectivity index (χ3n) is 5.38. The highest BCUT2D eigenvalue weighted by Gasteiger charge is 2.53. The van der Waals surface area contributed by atoms with E-state index in [1.807, 2.05) is 6.92 Å². The number of hydrogen-bond donors (Lipinski definition) is 3. The van der Waals surface area contributed by atoms with Gasteiger partial charge in [0.25, 0.3) is 0 Å². The summed E-state index contributed by atoms with van der Waals surface area (Å²) >= 11 is 0. The second-order valence-corrected chi connectivity index (χ2v) is 7.80. The van der Waals surface area contributed by atoms with Crippen molar-refractivity contribution in [2.75, 3.05) is 12.3 Å². The lowest BCUT2D eigenvalue weighted by Crippen LogP contribution is -2.45. The predicted molar refractivity (Wildman–Crippen MR) is 96.7 cm³/mol. The molecule has 0 aliphatic carbocycles. The highest BCUT2D eigenvalue weighted by molar-refractivity contribution is 5.75. The lowest BCUT2D eigenvalue weighted by molar-refractivity contribution is -0.169. The van der Waals surface area contributed by atoms with Crippen LogP contribution in [0.15, 0.2) is 18.5 Å². The molecule has 4 N–H and O–H groups in total. The van der Waals surface area contributed by atoms with Crippen LogP contribution in [0.3, 0.4) is 0 Å². The van der Waals surface area contributed by atoms with E-state index in [4.69, 9.17) is 15.2 Å². The molecule has 0 radical (unpaired) electrons. The quantitative estimate of drug-likeness (QED) is 0.652. The minimum absolute atomic E-state index is 0.176. The van der Waals surface area contributed by atoms with Crippen LogP contribution in [0.2, 0.25) is 0 Å². The Kier molecular flexibility index (Phi) is 4.87. The van der Waals surface area contributed by atoms with Crippen LogP contribution in [0, 0.1) is 5.41 Å². The summed E-state index contributed by atoms with van der Waals surface area (Å²) in [6.45, 7) is 6.90. The molecule has 0 saturated carbocycles. The summed E-state index contributed by atoms with van der Waals surface area (Å²) in [7, 11) is 0. The van der Waals surface area contributed by atoms with Crippen molar-refractivity contribution in [3.05, 3.63) is 24.2 Å². The van der Waals surface area contributed by atoms with Crippen molar-refractivity contribution in [2.45, 2.75) is 58.0 Å². The summed E-state index contributed by atoms with van der Waals surface area (Å²) in [6, 6.07) is 3.42. The molecule has 0 aromatic carbocycles. The van der Waals surface area contributed by atoms with Crippen LogP contribution < -0.4 is 5.73 Å². The second kappa shape index (κ2) is 6.74. The van der Waals surface area contributed by atoms with Gasteiger partial charge in [0.2, 0.25) is 0 Å². The maximum Gasteiger partial charge on any atom is 0.311 e. The van der Waals surface area contributed by atoms with Crippen LogP contribution >= 0.6 is 0 Å². The first-order valence-corrected chi connectivity index (χ1v) is 8.90. The molecule has 27 heavy (non-hydrogen) atoms. The van der Waals surface area contributed by atoms with Crippen molar-refractivity contribution in [3.63, 3.8) is 0 Å². The first kappa shape index (κ1) is 19.5. The van der Waals surface area contributed by atoms with Gasteiger partial charge in [-0.3, -0.25) is 4.79 Å². The first-order valence-electron chi connectivity index (χ1n) is 8.90. The molecule has 0 unspecified atom stereocenters. The van der Waals surface area contributed by atoms with Crippen LogP contribution in [-0.2, 0) is 14.3 Å². The molecule has 1 saturated heterocycles.